The molecule has 0 aliphatic heterocycles. The van der Waals surface area contributed by atoms with Gasteiger partial charge in [-0.2, -0.15) is 0 Å². The van der Waals surface area contributed by atoms with Gasteiger partial charge in [0, 0.05) is 24.6 Å². The molecule has 2 aromatic carbocycles. The molecule has 3 heteroatoms. The fourth-order valence-electron chi connectivity index (χ4n) is 2.19. The lowest BCUT2D eigenvalue weighted by atomic mass is 10.1. The van der Waals surface area contributed by atoms with Gasteiger partial charge in [-0.15, -0.1) is 0 Å². The van der Waals surface area contributed by atoms with Crippen LogP contribution in [0.4, 0.5) is 11.6 Å². The zero-order valence-electron chi connectivity index (χ0n) is 11.5. The van der Waals surface area contributed by atoms with Crippen LogP contribution in [0, 0.1) is 0 Å². The molecule has 0 fully saturated rings. The number of benzene rings is 2. The lowest BCUT2D eigenvalue weighted by Gasteiger charge is -2.08. The summed E-state index contributed by atoms with van der Waals surface area (Å²) in [6, 6.07) is 18.8. The Morgan fingerprint density at radius 1 is 0.950 bits per heavy atom. The number of rotatable bonds is 4. The van der Waals surface area contributed by atoms with Crippen LogP contribution in [0.5, 0.6) is 0 Å². The first-order chi connectivity index (χ1) is 9.86. The molecular formula is C17H17N3. The quantitative estimate of drug-likeness (QED) is 0.760. The Morgan fingerprint density at radius 2 is 1.65 bits per heavy atom. The molecule has 1 aromatic heterocycles. The molecule has 0 saturated heterocycles. The van der Waals surface area contributed by atoms with Crippen LogP contribution < -0.4 is 5.32 Å². The topological polar surface area (TPSA) is 29.9 Å². The smallest absolute Gasteiger partial charge is 0.207 e. The van der Waals surface area contributed by atoms with Crippen LogP contribution in [0.3, 0.4) is 0 Å². The first-order valence-electron chi connectivity index (χ1n) is 6.80. The minimum Gasteiger partial charge on any atom is -0.326 e. The summed E-state index contributed by atoms with van der Waals surface area (Å²) in [5, 5.41) is 3.33. The molecule has 3 nitrogen and oxygen atoms in total. The highest BCUT2D eigenvalue weighted by molar-refractivity contribution is 5.67. The number of aromatic nitrogens is 2. The number of nitrogens with one attached hydrogen (secondary N) is 1. The summed E-state index contributed by atoms with van der Waals surface area (Å²) < 4.78 is 2.07. The maximum absolute atomic E-state index is 4.31. The summed E-state index contributed by atoms with van der Waals surface area (Å²) in [6.07, 6.45) is 3.78. The molecule has 20 heavy (non-hydrogen) atoms. The molecule has 3 rings (SSSR count). The molecule has 0 spiro atoms. The number of hydrogen-bond donors (Lipinski definition) is 1. The van der Waals surface area contributed by atoms with Crippen molar-refractivity contribution in [3.05, 3.63) is 67.0 Å². The van der Waals surface area contributed by atoms with E-state index < -0.39 is 0 Å². The SMILES string of the molecule is CCn1ccnc1Nc1ccc(-c2ccccc2)cc1. The van der Waals surface area contributed by atoms with E-state index >= 15 is 0 Å². The van der Waals surface area contributed by atoms with E-state index in [1.54, 1.807) is 0 Å². The molecule has 0 radical (unpaired) electrons. The van der Waals surface area contributed by atoms with Crippen LogP contribution in [0.2, 0.25) is 0 Å². The van der Waals surface area contributed by atoms with Crippen molar-refractivity contribution < 1.29 is 0 Å². The number of hydrogen-bond acceptors (Lipinski definition) is 2. The number of aryl methyl sites for hydroxylation is 1. The molecule has 3 aromatic rings. The summed E-state index contributed by atoms with van der Waals surface area (Å²) in [5.41, 5.74) is 3.50. The van der Waals surface area contributed by atoms with Crippen molar-refractivity contribution in [2.75, 3.05) is 5.32 Å². The van der Waals surface area contributed by atoms with Gasteiger partial charge >= 0.3 is 0 Å². The molecular weight excluding hydrogens is 246 g/mol. The molecule has 0 unspecified atom stereocenters. The Labute approximate surface area is 118 Å². The van der Waals surface area contributed by atoms with Gasteiger partial charge in [0.05, 0.1) is 0 Å². The molecule has 0 bridgehead atoms. The Hall–Kier alpha value is -2.55. The Balaban J connectivity index is 1.80. The first kappa shape index (κ1) is 12.5. The van der Waals surface area contributed by atoms with Crippen molar-refractivity contribution in [3.63, 3.8) is 0 Å². The van der Waals surface area contributed by atoms with Crippen molar-refractivity contribution in [1.82, 2.24) is 9.55 Å². The van der Waals surface area contributed by atoms with Crippen LogP contribution in [-0.2, 0) is 6.54 Å². The van der Waals surface area contributed by atoms with Gasteiger partial charge in [-0.05, 0) is 30.2 Å². The minimum absolute atomic E-state index is 0.875. The normalized spacial score (nSPS) is 10.4. The van der Waals surface area contributed by atoms with Crippen LogP contribution >= 0.6 is 0 Å². The molecule has 100 valence electrons. The lowest BCUT2D eigenvalue weighted by molar-refractivity contribution is 0.772. The van der Waals surface area contributed by atoms with Crippen LogP contribution in [0.1, 0.15) is 6.92 Å². The van der Waals surface area contributed by atoms with Gasteiger partial charge < -0.3 is 9.88 Å². The van der Waals surface area contributed by atoms with E-state index in [0.29, 0.717) is 0 Å². The van der Waals surface area contributed by atoms with E-state index in [0.717, 1.165) is 18.2 Å². The standard InChI is InChI=1S/C17H17N3/c1-2-20-13-12-18-17(20)19-16-10-8-15(9-11-16)14-6-4-3-5-7-14/h3-13H,2H2,1H3,(H,18,19). The summed E-state index contributed by atoms with van der Waals surface area (Å²) in [4.78, 5) is 4.31. The van der Waals surface area contributed by atoms with Gasteiger partial charge in [0.25, 0.3) is 0 Å². The lowest BCUT2D eigenvalue weighted by Crippen LogP contribution is -2.01. The maximum Gasteiger partial charge on any atom is 0.207 e. The molecule has 0 aliphatic carbocycles. The highest BCUT2D eigenvalue weighted by Gasteiger charge is 2.02. The van der Waals surface area contributed by atoms with Gasteiger partial charge in [-0.3, -0.25) is 0 Å². The van der Waals surface area contributed by atoms with Crippen molar-refractivity contribution in [3.8, 4) is 11.1 Å². The van der Waals surface area contributed by atoms with E-state index in [2.05, 4.69) is 70.3 Å². The van der Waals surface area contributed by atoms with Gasteiger partial charge in [0.2, 0.25) is 5.95 Å². The maximum atomic E-state index is 4.31. The summed E-state index contributed by atoms with van der Waals surface area (Å²) in [6.45, 7) is 3.01. The Morgan fingerprint density at radius 3 is 2.35 bits per heavy atom. The Kier molecular flexibility index (Phi) is 3.50. The highest BCUT2D eigenvalue weighted by atomic mass is 15.2. The second-order valence-corrected chi connectivity index (χ2v) is 4.61. The average molecular weight is 263 g/mol. The monoisotopic (exact) mass is 263 g/mol. The molecule has 0 atom stereocenters. The van der Waals surface area contributed by atoms with Gasteiger partial charge in [-0.25, -0.2) is 4.98 Å². The number of imidazole rings is 1. The fraction of sp³-hybridized carbons (Fsp3) is 0.118. The molecule has 0 aliphatic rings. The molecule has 1 N–H and O–H groups in total. The molecule has 0 amide bonds. The average Bonchev–Trinajstić information content (AvgIpc) is 2.96. The fourth-order valence-corrected chi connectivity index (χ4v) is 2.19. The van der Waals surface area contributed by atoms with Crippen LogP contribution in [0.25, 0.3) is 11.1 Å². The van der Waals surface area contributed by atoms with Crippen molar-refractivity contribution in [1.29, 1.82) is 0 Å². The van der Waals surface area contributed by atoms with Crippen molar-refractivity contribution >= 4 is 11.6 Å². The van der Waals surface area contributed by atoms with Crippen LogP contribution in [0.15, 0.2) is 67.0 Å². The predicted molar refractivity (Wildman–Crippen MR) is 83.1 cm³/mol. The summed E-state index contributed by atoms with van der Waals surface area (Å²) >= 11 is 0. The molecule has 1 heterocycles. The minimum atomic E-state index is 0.875. The third-order valence-corrected chi connectivity index (χ3v) is 3.30. The van der Waals surface area contributed by atoms with Crippen molar-refractivity contribution in [2.45, 2.75) is 13.5 Å². The van der Waals surface area contributed by atoms with Crippen LogP contribution in [-0.4, -0.2) is 9.55 Å². The second-order valence-electron chi connectivity index (χ2n) is 4.61. The van der Waals surface area contributed by atoms with E-state index in [1.165, 1.54) is 11.1 Å². The Bertz CT molecular complexity index is 669. The van der Waals surface area contributed by atoms with Gasteiger partial charge in [0.15, 0.2) is 0 Å². The zero-order valence-corrected chi connectivity index (χ0v) is 11.5. The third-order valence-electron chi connectivity index (χ3n) is 3.30. The summed E-state index contributed by atoms with van der Waals surface area (Å²) in [5.74, 6) is 0.875. The van der Waals surface area contributed by atoms with E-state index in [4.69, 9.17) is 0 Å². The highest BCUT2D eigenvalue weighted by Crippen LogP contribution is 2.22. The van der Waals surface area contributed by atoms with E-state index in [9.17, 15) is 0 Å². The number of nitrogens with zero attached hydrogens (tertiary/aromatic N) is 2. The predicted octanol–water partition coefficient (Wildman–Crippen LogP) is 4.31. The van der Waals surface area contributed by atoms with E-state index in [-0.39, 0.29) is 0 Å². The third kappa shape index (κ3) is 2.57. The molecule has 0 saturated carbocycles. The zero-order chi connectivity index (χ0) is 13.8. The van der Waals surface area contributed by atoms with Gasteiger partial charge in [-0.1, -0.05) is 42.5 Å². The first-order valence-corrected chi connectivity index (χ1v) is 6.80. The second kappa shape index (κ2) is 5.61. The van der Waals surface area contributed by atoms with Gasteiger partial charge in [0.1, 0.15) is 0 Å². The van der Waals surface area contributed by atoms with E-state index in [1.807, 2.05) is 18.5 Å². The largest absolute Gasteiger partial charge is 0.326 e. The summed E-state index contributed by atoms with van der Waals surface area (Å²) in [7, 11) is 0. The van der Waals surface area contributed by atoms with Crippen molar-refractivity contribution in [2.24, 2.45) is 0 Å². The number of anilines is 2.